The molecular formula is C23H20N10O2. The Kier molecular flexibility index (Phi) is 6.41. The number of nitrogens with two attached hydrogens (primary N) is 2. The van der Waals surface area contributed by atoms with Crippen LogP contribution in [0.2, 0.25) is 0 Å². The number of rotatable bonds is 3. The Morgan fingerprint density at radius 1 is 1.09 bits per heavy atom. The first kappa shape index (κ1) is 23.0. The Bertz CT molecular complexity index is 1570. The summed E-state index contributed by atoms with van der Waals surface area (Å²) in [4.78, 5) is 33.5. The molecule has 12 nitrogen and oxygen atoms in total. The van der Waals surface area contributed by atoms with Gasteiger partial charge >= 0.3 is 0 Å². The zero-order valence-corrected chi connectivity index (χ0v) is 18.9. The van der Waals surface area contributed by atoms with Crippen molar-refractivity contribution in [3.05, 3.63) is 76.8 Å². The van der Waals surface area contributed by atoms with Crippen molar-refractivity contribution in [1.82, 2.24) is 34.6 Å². The molecule has 35 heavy (non-hydrogen) atoms. The van der Waals surface area contributed by atoms with Crippen LogP contribution in [0.5, 0.6) is 0 Å². The summed E-state index contributed by atoms with van der Waals surface area (Å²) in [5.41, 5.74) is 12.7. The van der Waals surface area contributed by atoms with Gasteiger partial charge in [0.05, 0.1) is 10.9 Å². The van der Waals surface area contributed by atoms with Crippen molar-refractivity contribution in [1.29, 1.82) is 5.26 Å². The molecule has 0 unspecified atom stereocenters. The van der Waals surface area contributed by atoms with Crippen molar-refractivity contribution in [3.8, 4) is 23.0 Å². The van der Waals surface area contributed by atoms with E-state index in [1.807, 2.05) is 32.0 Å². The van der Waals surface area contributed by atoms with Gasteiger partial charge in [0, 0.05) is 30.4 Å². The second-order valence-electron chi connectivity index (χ2n) is 7.23. The number of nitriles is 1. The van der Waals surface area contributed by atoms with Crippen LogP contribution in [0.1, 0.15) is 24.1 Å². The van der Waals surface area contributed by atoms with Gasteiger partial charge in [0.25, 0.3) is 5.56 Å². The number of hydrogen-bond donors (Lipinski definition) is 2. The molecule has 0 aliphatic rings. The lowest BCUT2D eigenvalue weighted by Crippen LogP contribution is -2.24. The molecule has 0 amide bonds. The maximum atomic E-state index is 13.3. The van der Waals surface area contributed by atoms with Crippen molar-refractivity contribution in [2.75, 3.05) is 11.5 Å². The Morgan fingerprint density at radius 3 is 2.37 bits per heavy atom. The SMILES string of the molecule is CCc1nc2cccc(-c3cnc(C)nc3)c2c(=O)n1-c1ccon1.N#Cc1c(N)ncnc1N. The van der Waals surface area contributed by atoms with Gasteiger partial charge < -0.3 is 16.0 Å². The van der Waals surface area contributed by atoms with Gasteiger partial charge in [0.1, 0.15) is 47.5 Å². The van der Waals surface area contributed by atoms with Gasteiger partial charge in [-0.25, -0.2) is 29.5 Å². The molecule has 5 rings (SSSR count). The summed E-state index contributed by atoms with van der Waals surface area (Å²) in [6.07, 6.45) is 6.67. The van der Waals surface area contributed by atoms with Crippen molar-refractivity contribution >= 4 is 22.5 Å². The number of fused-ring (bicyclic) bond motifs is 1. The highest BCUT2D eigenvalue weighted by Gasteiger charge is 2.17. The molecule has 0 saturated heterocycles. The molecule has 0 atom stereocenters. The summed E-state index contributed by atoms with van der Waals surface area (Å²) in [5.74, 6) is 1.97. The monoisotopic (exact) mass is 468 g/mol. The average Bonchev–Trinajstić information content (AvgIpc) is 3.39. The first-order valence-corrected chi connectivity index (χ1v) is 10.4. The van der Waals surface area contributed by atoms with Gasteiger partial charge in [-0.1, -0.05) is 24.2 Å². The minimum atomic E-state index is -0.188. The number of hydrogen-bond acceptors (Lipinski definition) is 11. The molecule has 4 aromatic heterocycles. The molecule has 0 bridgehead atoms. The molecule has 0 radical (unpaired) electrons. The molecule has 1 aromatic carbocycles. The van der Waals surface area contributed by atoms with E-state index in [1.165, 1.54) is 17.2 Å². The third kappa shape index (κ3) is 4.51. The number of nitrogen functional groups attached to an aromatic ring is 2. The standard InChI is InChI=1S/C18H15N5O2.C5H5N5/c1-3-15-21-14-6-4-5-13(12-9-19-11(2)20-10-12)17(14)18(24)23(15)16-7-8-25-22-16;6-1-3-4(7)9-2-10-5(3)8/h4-10H,3H2,1-2H3;2H,(H4,7,8,9,10). The maximum Gasteiger partial charge on any atom is 0.267 e. The summed E-state index contributed by atoms with van der Waals surface area (Å²) in [6.45, 7) is 3.77. The Hall–Kier alpha value is -5.18. The molecule has 4 N–H and O–H groups in total. The number of nitrogens with zero attached hydrogens (tertiary/aromatic N) is 8. The van der Waals surface area contributed by atoms with E-state index in [9.17, 15) is 4.79 Å². The van der Waals surface area contributed by atoms with E-state index >= 15 is 0 Å². The van der Waals surface area contributed by atoms with Crippen LogP contribution in [-0.4, -0.2) is 34.6 Å². The fraction of sp³-hybridized carbons (Fsp3) is 0.130. The van der Waals surface area contributed by atoms with Crippen LogP contribution in [-0.2, 0) is 6.42 Å². The predicted octanol–water partition coefficient (Wildman–Crippen LogP) is 2.21. The second kappa shape index (κ2) is 9.75. The number of anilines is 2. The number of benzene rings is 1. The molecule has 0 aliphatic carbocycles. The first-order valence-electron chi connectivity index (χ1n) is 10.4. The molecule has 174 valence electrons. The van der Waals surface area contributed by atoms with E-state index in [0.717, 1.165) is 11.1 Å². The minimum absolute atomic E-state index is 0.120. The van der Waals surface area contributed by atoms with Gasteiger partial charge in [-0.2, -0.15) is 5.26 Å². The minimum Gasteiger partial charge on any atom is -0.382 e. The Morgan fingerprint density at radius 2 is 1.80 bits per heavy atom. The Labute approximate surface area is 198 Å². The van der Waals surface area contributed by atoms with E-state index in [0.29, 0.717) is 34.8 Å². The fourth-order valence-corrected chi connectivity index (χ4v) is 3.37. The normalized spacial score (nSPS) is 10.4. The van der Waals surface area contributed by atoms with Crippen molar-refractivity contribution < 1.29 is 4.52 Å². The van der Waals surface area contributed by atoms with Crippen LogP contribution >= 0.6 is 0 Å². The van der Waals surface area contributed by atoms with E-state index < -0.39 is 0 Å². The highest BCUT2D eigenvalue weighted by atomic mass is 16.5. The summed E-state index contributed by atoms with van der Waals surface area (Å²) in [6, 6.07) is 9.02. The molecule has 0 aliphatic heterocycles. The van der Waals surface area contributed by atoms with Crippen LogP contribution in [0.3, 0.4) is 0 Å². The van der Waals surface area contributed by atoms with Crippen LogP contribution in [0, 0.1) is 18.3 Å². The largest absolute Gasteiger partial charge is 0.382 e. The second-order valence-corrected chi connectivity index (χ2v) is 7.23. The van der Waals surface area contributed by atoms with E-state index in [1.54, 1.807) is 24.5 Å². The molecule has 5 aromatic rings. The van der Waals surface area contributed by atoms with Gasteiger partial charge in [-0.3, -0.25) is 4.79 Å². The lowest BCUT2D eigenvalue weighted by molar-refractivity contribution is 0.415. The lowest BCUT2D eigenvalue weighted by atomic mass is 10.0. The maximum absolute atomic E-state index is 13.3. The van der Waals surface area contributed by atoms with Gasteiger partial charge in [-0.15, -0.1) is 0 Å². The zero-order chi connectivity index (χ0) is 24.9. The molecule has 0 saturated carbocycles. The Balaban J connectivity index is 0.000000243. The summed E-state index contributed by atoms with van der Waals surface area (Å²) in [5, 5.41) is 12.8. The van der Waals surface area contributed by atoms with Crippen molar-refractivity contribution in [3.63, 3.8) is 0 Å². The van der Waals surface area contributed by atoms with Gasteiger partial charge in [-0.05, 0) is 18.6 Å². The van der Waals surface area contributed by atoms with E-state index in [-0.39, 0.29) is 22.8 Å². The summed E-state index contributed by atoms with van der Waals surface area (Å²) < 4.78 is 6.40. The van der Waals surface area contributed by atoms with Crippen LogP contribution in [0.15, 0.2) is 58.6 Å². The van der Waals surface area contributed by atoms with Crippen LogP contribution < -0.4 is 17.0 Å². The topological polar surface area (TPSA) is 188 Å². The van der Waals surface area contributed by atoms with E-state index in [4.69, 9.17) is 21.3 Å². The third-order valence-corrected chi connectivity index (χ3v) is 5.05. The lowest BCUT2D eigenvalue weighted by Gasteiger charge is -2.12. The quantitative estimate of drug-likeness (QED) is 0.395. The highest BCUT2D eigenvalue weighted by molar-refractivity contribution is 5.93. The van der Waals surface area contributed by atoms with Gasteiger partial charge in [0.15, 0.2) is 5.82 Å². The molecule has 0 spiro atoms. The van der Waals surface area contributed by atoms with Crippen LogP contribution in [0.4, 0.5) is 11.6 Å². The molecule has 4 heterocycles. The average molecular weight is 468 g/mol. The predicted molar refractivity (Wildman–Crippen MR) is 128 cm³/mol. The van der Waals surface area contributed by atoms with Crippen LogP contribution in [0.25, 0.3) is 27.8 Å². The molecule has 12 heteroatoms. The smallest absolute Gasteiger partial charge is 0.267 e. The molecule has 0 fully saturated rings. The zero-order valence-electron chi connectivity index (χ0n) is 18.9. The molecular weight excluding hydrogens is 448 g/mol. The first-order chi connectivity index (χ1) is 16.9. The number of aryl methyl sites for hydroxylation is 2. The number of aromatic nitrogens is 7. The summed E-state index contributed by atoms with van der Waals surface area (Å²) in [7, 11) is 0. The third-order valence-electron chi connectivity index (χ3n) is 5.05. The highest BCUT2D eigenvalue weighted by Crippen LogP contribution is 2.25. The van der Waals surface area contributed by atoms with Crippen molar-refractivity contribution in [2.24, 2.45) is 0 Å². The van der Waals surface area contributed by atoms with E-state index in [2.05, 4.69) is 30.1 Å². The summed E-state index contributed by atoms with van der Waals surface area (Å²) >= 11 is 0. The van der Waals surface area contributed by atoms with Crippen molar-refractivity contribution in [2.45, 2.75) is 20.3 Å². The fourth-order valence-electron chi connectivity index (χ4n) is 3.37. The van der Waals surface area contributed by atoms with Gasteiger partial charge in [0.2, 0.25) is 0 Å².